The number of carbonyl (C=O) groups is 2. The van der Waals surface area contributed by atoms with Crippen molar-refractivity contribution in [1.82, 2.24) is 4.90 Å². The number of fused-ring (bicyclic) bond motifs is 1. The molecule has 3 aliphatic heterocycles. The van der Waals surface area contributed by atoms with Crippen molar-refractivity contribution in [3.63, 3.8) is 0 Å². The van der Waals surface area contributed by atoms with Crippen molar-refractivity contribution in [2.45, 2.75) is 18.9 Å². The summed E-state index contributed by atoms with van der Waals surface area (Å²) in [5.41, 5.74) is 0.672. The first-order valence-corrected chi connectivity index (χ1v) is 10.8. The molecule has 3 aliphatic rings. The van der Waals surface area contributed by atoms with Gasteiger partial charge in [0.1, 0.15) is 13.2 Å². The molecule has 0 radical (unpaired) electrons. The lowest BCUT2D eigenvalue weighted by atomic mass is 10.1. The highest BCUT2D eigenvalue weighted by Crippen LogP contribution is 2.36. The SMILES string of the molecule is CN(C(=O)C1CC(=O)N(c2ccc3c(c2)OCCO3)C1)C1CCS(=O)(=O)C1. The molecular weight excluding hydrogens is 372 g/mol. The fourth-order valence-electron chi connectivity index (χ4n) is 3.87. The molecule has 1 aromatic carbocycles. The molecule has 4 rings (SSSR count). The Morgan fingerprint density at radius 3 is 2.67 bits per heavy atom. The van der Waals surface area contributed by atoms with Crippen molar-refractivity contribution in [3.05, 3.63) is 18.2 Å². The second kappa shape index (κ2) is 6.70. The number of hydrogen-bond acceptors (Lipinski definition) is 6. The first-order valence-electron chi connectivity index (χ1n) is 9.01. The van der Waals surface area contributed by atoms with E-state index in [1.165, 1.54) is 4.90 Å². The minimum absolute atomic E-state index is 0.00177. The average Bonchev–Trinajstić information content (AvgIpc) is 3.22. The van der Waals surface area contributed by atoms with Gasteiger partial charge in [-0.05, 0) is 18.6 Å². The first-order chi connectivity index (χ1) is 12.8. The highest BCUT2D eigenvalue weighted by molar-refractivity contribution is 7.91. The molecule has 9 heteroatoms. The topological polar surface area (TPSA) is 93.2 Å². The quantitative estimate of drug-likeness (QED) is 0.739. The van der Waals surface area contributed by atoms with E-state index in [1.54, 1.807) is 30.1 Å². The largest absolute Gasteiger partial charge is 0.486 e. The monoisotopic (exact) mass is 394 g/mol. The second-order valence-corrected chi connectivity index (χ2v) is 9.47. The van der Waals surface area contributed by atoms with E-state index < -0.39 is 15.8 Å². The van der Waals surface area contributed by atoms with Crippen LogP contribution in [0.25, 0.3) is 0 Å². The predicted molar refractivity (Wildman–Crippen MR) is 97.7 cm³/mol. The van der Waals surface area contributed by atoms with Crippen molar-refractivity contribution < 1.29 is 27.5 Å². The third-order valence-corrected chi connectivity index (χ3v) is 7.17. The van der Waals surface area contributed by atoms with Crippen LogP contribution in [-0.2, 0) is 19.4 Å². The smallest absolute Gasteiger partial charge is 0.228 e. The zero-order chi connectivity index (χ0) is 19.2. The maximum Gasteiger partial charge on any atom is 0.228 e. The summed E-state index contributed by atoms with van der Waals surface area (Å²) in [6.45, 7) is 1.23. The van der Waals surface area contributed by atoms with Crippen LogP contribution < -0.4 is 14.4 Å². The number of hydrogen-bond donors (Lipinski definition) is 0. The molecule has 2 amide bonds. The molecule has 0 saturated carbocycles. The zero-order valence-electron chi connectivity index (χ0n) is 15.1. The molecule has 2 atom stereocenters. The van der Waals surface area contributed by atoms with Gasteiger partial charge in [0.05, 0.1) is 17.4 Å². The molecule has 1 aromatic rings. The fourth-order valence-corrected chi connectivity index (χ4v) is 5.65. The number of anilines is 1. The summed E-state index contributed by atoms with van der Waals surface area (Å²) >= 11 is 0. The molecule has 2 saturated heterocycles. The minimum atomic E-state index is -3.07. The molecule has 146 valence electrons. The van der Waals surface area contributed by atoms with E-state index in [-0.39, 0.29) is 42.3 Å². The van der Waals surface area contributed by atoms with Crippen LogP contribution in [0.1, 0.15) is 12.8 Å². The second-order valence-electron chi connectivity index (χ2n) is 7.24. The van der Waals surface area contributed by atoms with Gasteiger partial charge >= 0.3 is 0 Å². The molecule has 0 aliphatic carbocycles. The van der Waals surface area contributed by atoms with Crippen molar-refractivity contribution >= 4 is 27.3 Å². The standard InChI is InChI=1S/C18H22N2O6S/c1-19(14-4-7-27(23,24)11-14)18(22)12-8-17(21)20(10-12)13-2-3-15-16(9-13)26-6-5-25-15/h2-3,9,12,14H,4-8,10-11H2,1H3. The Kier molecular flexibility index (Phi) is 4.49. The van der Waals surface area contributed by atoms with Gasteiger partial charge in [-0.25, -0.2) is 8.42 Å². The van der Waals surface area contributed by atoms with E-state index in [9.17, 15) is 18.0 Å². The first kappa shape index (κ1) is 18.1. The maximum absolute atomic E-state index is 12.8. The molecule has 8 nitrogen and oxygen atoms in total. The summed E-state index contributed by atoms with van der Waals surface area (Å²) < 4.78 is 34.4. The molecule has 2 fully saturated rings. The lowest BCUT2D eigenvalue weighted by Crippen LogP contribution is -2.42. The number of carbonyl (C=O) groups excluding carboxylic acids is 2. The number of ether oxygens (including phenoxy) is 2. The van der Waals surface area contributed by atoms with Crippen LogP contribution in [0.2, 0.25) is 0 Å². The summed E-state index contributed by atoms with van der Waals surface area (Å²) in [6, 6.07) is 5.00. The average molecular weight is 394 g/mol. The molecule has 0 aromatic heterocycles. The molecular formula is C18H22N2O6S. The Balaban J connectivity index is 1.46. The number of benzene rings is 1. The van der Waals surface area contributed by atoms with E-state index in [0.29, 0.717) is 36.8 Å². The zero-order valence-corrected chi connectivity index (χ0v) is 15.9. The van der Waals surface area contributed by atoms with Gasteiger partial charge in [-0.3, -0.25) is 9.59 Å². The van der Waals surface area contributed by atoms with Gasteiger partial charge in [0, 0.05) is 37.8 Å². The maximum atomic E-state index is 12.8. The van der Waals surface area contributed by atoms with Crippen molar-refractivity contribution in [2.75, 3.05) is 43.2 Å². The lowest BCUT2D eigenvalue weighted by Gasteiger charge is -2.26. The Morgan fingerprint density at radius 2 is 1.96 bits per heavy atom. The number of sulfone groups is 1. The normalized spacial score (nSPS) is 26.3. The fraction of sp³-hybridized carbons (Fsp3) is 0.556. The van der Waals surface area contributed by atoms with Gasteiger partial charge in [-0.15, -0.1) is 0 Å². The predicted octanol–water partition coefficient (Wildman–Crippen LogP) is 0.456. The Morgan fingerprint density at radius 1 is 1.22 bits per heavy atom. The van der Waals surface area contributed by atoms with Crippen LogP contribution >= 0.6 is 0 Å². The molecule has 0 spiro atoms. The van der Waals surface area contributed by atoms with E-state index >= 15 is 0 Å². The van der Waals surface area contributed by atoms with Gasteiger partial charge < -0.3 is 19.3 Å². The Hall–Kier alpha value is -2.29. The van der Waals surface area contributed by atoms with Crippen LogP contribution in [0.4, 0.5) is 5.69 Å². The van der Waals surface area contributed by atoms with Gasteiger partial charge in [0.25, 0.3) is 0 Å². The summed E-state index contributed by atoms with van der Waals surface area (Å²) in [5.74, 6) is 0.576. The molecule has 3 heterocycles. The van der Waals surface area contributed by atoms with Gasteiger partial charge in [0.2, 0.25) is 11.8 Å². The van der Waals surface area contributed by atoms with Crippen molar-refractivity contribution in [2.24, 2.45) is 5.92 Å². The van der Waals surface area contributed by atoms with Gasteiger partial charge in [-0.1, -0.05) is 0 Å². The van der Waals surface area contributed by atoms with Crippen LogP contribution in [0.3, 0.4) is 0 Å². The Bertz CT molecular complexity index is 884. The van der Waals surface area contributed by atoms with Crippen LogP contribution in [0.15, 0.2) is 18.2 Å². The summed E-state index contributed by atoms with van der Waals surface area (Å²) in [6.07, 6.45) is 0.578. The summed E-state index contributed by atoms with van der Waals surface area (Å²) in [7, 11) is -1.44. The molecule has 0 bridgehead atoms. The van der Waals surface area contributed by atoms with Crippen LogP contribution in [0.5, 0.6) is 11.5 Å². The number of nitrogens with zero attached hydrogens (tertiary/aromatic N) is 2. The molecule has 27 heavy (non-hydrogen) atoms. The van der Waals surface area contributed by atoms with Gasteiger partial charge in [0.15, 0.2) is 21.3 Å². The molecule has 0 N–H and O–H groups in total. The highest BCUT2D eigenvalue weighted by atomic mass is 32.2. The summed E-state index contributed by atoms with van der Waals surface area (Å²) in [5, 5.41) is 0. The van der Waals surface area contributed by atoms with E-state index in [4.69, 9.17) is 9.47 Å². The highest BCUT2D eigenvalue weighted by Gasteiger charge is 2.40. The number of amides is 2. The third-order valence-electron chi connectivity index (χ3n) is 5.42. The van der Waals surface area contributed by atoms with Crippen molar-refractivity contribution in [3.8, 4) is 11.5 Å². The van der Waals surface area contributed by atoms with E-state index in [1.807, 2.05) is 0 Å². The van der Waals surface area contributed by atoms with Crippen LogP contribution in [0, 0.1) is 5.92 Å². The Labute approximate surface area is 157 Å². The summed E-state index contributed by atoms with van der Waals surface area (Å²) in [4.78, 5) is 28.4. The van der Waals surface area contributed by atoms with Gasteiger partial charge in [-0.2, -0.15) is 0 Å². The third kappa shape index (κ3) is 3.47. The lowest BCUT2D eigenvalue weighted by molar-refractivity contribution is -0.136. The minimum Gasteiger partial charge on any atom is -0.486 e. The van der Waals surface area contributed by atoms with Crippen molar-refractivity contribution in [1.29, 1.82) is 0 Å². The van der Waals surface area contributed by atoms with E-state index in [0.717, 1.165) is 0 Å². The van der Waals surface area contributed by atoms with Crippen LogP contribution in [-0.4, -0.2) is 69.5 Å². The molecule has 2 unspecified atom stereocenters. The number of rotatable bonds is 3. The van der Waals surface area contributed by atoms with E-state index in [2.05, 4.69) is 0 Å².